The Labute approximate surface area is 167 Å². The van der Waals surface area contributed by atoms with E-state index in [2.05, 4.69) is 25.9 Å². The molecule has 8 heteroatoms. The molecule has 1 heterocycles. The molecular formula is C19H24BrN3O4. The van der Waals surface area contributed by atoms with Gasteiger partial charge in [0.05, 0.1) is 5.52 Å². The van der Waals surface area contributed by atoms with Crippen LogP contribution in [0.3, 0.4) is 0 Å². The Morgan fingerprint density at radius 2 is 1.52 bits per heavy atom. The van der Waals surface area contributed by atoms with Crippen molar-refractivity contribution in [3.05, 3.63) is 28.4 Å². The van der Waals surface area contributed by atoms with Crippen LogP contribution in [-0.4, -0.2) is 33.4 Å². The summed E-state index contributed by atoms with van der Waals surface area (Å²) in [4.78, 5) is 34.7. The largest absolute Gasteiger partial charge is 0.443 e. The van der Waals surface area contributed by atoms with Gasteiger partial charge in [-0.15, -0.1) is 4.90 Å². The molecule has 2 amide bonds. The molecule has 0 aliphatic rings. The first kappa shape index (κ1) is 21.1. The van der Waals surface area contributed by atoms with Gasteiger partial charge < -0.3 is 9.47 Å². The lowest BCUT2D eigenvalue weighted by Crippen LogP contribution is -2.44. The van der Waals surface area contributed by atoms with Gasteiger partial charge in [-0.05, 0) is 66.2 Å². The van der Waals surface area contributed by atoms with E-state index in [1.165, 1.54) is 0 Å². The summed E-state index contributed by atoms with van der Waals surface area (Å²) < 4.78 is 11.6. The maximum Gasteiger partial charge on any atom is 0.427 e. The van der Waals surface area contributed by atoms with Crippen LogP contribution in [0.2, 0.25) is 0 Å². The molecule has 27 heavy (non-hydrogen) atoms. The summed E-state index contributed by atoms with van der Waals surface area (Å²) in [6.07, 6.45) is -0.242. The monoisotopic (exact) mass is 437 g/mol. The molecule has 0 atom stereocenters. The Balaban J connectivity index is 2.53. The van der Waals surface area contributed by atoms with Crippen LogP contribution in [0.5, 0.6) is 0 Å². The van der Waals surface area contributed by atoms with Gasteiger partial charge in [0, 0.05) is 16.1 Å². The minimum Gasteiger partial charge on any atom is -0.443 e. The van der Waals surface area contributed by atoms with Crippen molar-refractivity contribution in [3.63, 3.8) is 0 Å². The normalized spacial score (nSPS) is 12.0. The summed E-state index contributed by atoms with van der Waals surface area (Å²) in [7, 11) is 0. The minimum atomic E-state index is -0.897. The molecule has 0 radical (unpaired) electrons. The van der Waals surface area contributed by atoms with Crippen molar-refractivity contribution in [3.8, 4) is 0 Å². The van der Waals surface area contributed by atoms with Crippen LogP contribution in [0.1, 0.15) is 47.1 Å². The van der Waals surface area contributed by atoms with Crippen molar-refractivity contribution in [2.24, 2.45) is 0 Å². The van der Waals surface area contributed by atoms with Gasteiger partial charge in [-0.2, -0.15) is 0 Å². The number of hydrogen-bond donors (Lipinski definition) is 0. The van der Waals surface area contributed by atoms with E-state index in [0.717, 1.165) is 20.3 Å². The highest BCUT2D eigenvalue weighted by atomic mass is 79.9. The summed E-state index contributed by atoms with van der Waals surface area (Å²) in [6, 6.07) is 3.75. The molecule has 1 aromatic heterocycles. The van der Waals surface area contributed by atoms with Crippen LogP contribution in [0.25, 0.3) is 10.9 Å². The number of ether oxygens (including phenoxy) is 2. The number of carbonyl (C=O) groups excluding carboxylic acids is 2. The van der Waals surface area contributed by atoms with Gasteiger partial charge in [-0.1, -0.05) is 15.9 Å². The van der Waals surface area contributed by atoms with E-state index in [9.17, 15) is 9.59 Å². The predicted molar refractivity (Wildman–Crippen MR) is 107 cm³/mol. The Morgan fingerprint density at radius 3 is 2.00 bits per heavy atom. The first-order valence-electron chi connectivity index (χ1n) is 8.46. The van der Waals surface area contributed by atoms with Crippen molar-refractivity contribution >= 4 is 45.0 Å². The molecule has 0 aliphatic heterocycles. The third kappa shape index (κ3) is 5.63. The average Bonchev–Trinajstić information content (AvgIpc) is 2.44. The lowest BCUT2D eigenvalue weighted by Gasteiger charge is -2.27. The number of amides is 2. The molecule has 0 N–H and O–H groups in total. The van der Waals surface area contributed by atoms with Crippen molar-refractivity contribution in [2.45, 2.75) is 59.7 Å². The van der Waals surface area contributed by atoms with Crippen LogP contribution in [0, 0.1) is 6.92 Å². The molecule has 0 fully saturated rings. The van der Waals surface area contributed by atoms with E-state index in [0.29, 0.717) is 5.52 Å². The fraction of sp³-hybridized carbons (Fsp3) is 0.474. The first-order valence-corrected chi connectivity index (χ1v) is 9.25. The van der Waals surface area contributed by atoms with E-state index in [4.69, 9.17) is 9.47 Å². The number of imide groups is 1. The van der Waals surface area contributed by atoms with Crippen molar-refractivity contribution in [2.75, 3.05) is 4.90 Å². The molecule has 0 aliphatic carbocycles. The third-order valence-electron chi connectivity index (χ3n) is 3.18. The highest BCUT2D eigenvalue weighted by molar-refractivity contribution is 9.10. The number of benzene rings is 1. The maximum atomic E-state index is 12.7. The molecular weight excluding hydrogens is 414 g/mol. The quantitative estimate of drug-likeness (QED) is 0.595. The highest BCUT2D eigenvalue weighted by Gasteiger charge is 2.34. The summed E-state index contributed by atoms with van der Waals surface area (Å²) in [6.45, 7) is 12.1. The molecule has 146 valence electrons. The molecule has 0 saturated heterocycles. The number of carbonyl (C=O) groups is 2. The first-order chi connectivity index (χ1) is 12.3. The van der Waals surface area contributed by atoms with Gasteiger partial charge in [0.15, 0.2) is 0 Å². The van der Waals surface area contributed by atoms with Crippen molar-refractivity contribution in [1.82, 2.24) is 9.97 Å². The van der Waals surface area contributed by atoms with E-state index < -0.39 is 23.4 Å². The highest BCUT2D eigenvalue weighted by Crippen LogP contribution is 2.25. The summed E-state index contributed by atoms with van der Waals surface area (Å²) in [5.41, 5.74) is -0.0964. The Kier molecular flexibility index (Phi) is 5.79. The Morgan fingerprint density at radius 1 is 1.00 bits per heavy atom. The smallest absolute Gasteiger partial charge is 0.427 e. The van der Waals surface area contributed by atoms with Gasteiger partial charge in [-0.3, -0.25) is 0 Å². The van der Waals surface area contributed by atoms with Crippen molar-refractivity contribution < 1.29 is 19.1 Å². The zero-order chi connectivity index (χ0) is 20.6. The summed E-state index contributed by atoms with van der Waals surface area (Å²) in [5.74, 6) is -0.101. The third-order valence-corrected chi connectivity index (χ3v) is 3.64. The number of anilines is 1. The van der Waals surface area contributed by atoms with E-state index in [1.54, 1.807) is 47.7 Å². The van der Waals surface area contributed by atoms with E-state index in [-0.39, 0.29) is 5.95 Å². The SMILES string of the molecule is Cc1cc(Br)cc2cnc(N(C(=O)OC(C)(C)C)C(=O)OC(C)(C)C)nc12. The number of aromatic nitrogens is 2. The number of rotatable bonds is 1. The average molecular weight is 438 g/mol. The molecule has 0 unspecified atom stereocenters. The topological polar surface area (TPSA) is 81.6 Å². The van der Waals surface area contributed by atoms with Crippen LogP contribution in [-0.2, 0) is 9.47 Å². The second-order valence-electron chi connectivity index (χ2n) is 8.13. The molecule has 2 rings (SSSR count). The predicted octanol–water partition coefficient (Wildman–Crippen LogP) is 5.38. The molecule has 1 aromatic carbocycles. The van der Waals surface area contributed by atoms with Crippen LogP contribution >= 0.6 is 15.9 Å². The molecule has 0 saturated carbocycles. The second-order valence-corrected chi connectivity index (χ2v) is 9.04. The zero-order valence-electron chi connectivity index (χ0n) is 16.6. The summed E-state index contributed by atoms with van der Waals surface area (Å²) >= 11 is 3.43. The van der Waals surface area contributed by atoms with Gasteiger partial charge in [0.25, 0.3) is 0 Å². The second kappa shape index (κ2) is 7.42. The fourth-order valence-corrected chi connectivity index (χ4v) is 2.82. The Bertz CT molecular complexity index is 857. The van der Waals surface area contributed by atoms with Crippen LogP contribution in [0.15, 0.2) is 22.8 Å². The summed E-state index contributed by atoms with van der Waals surface area (Å²) in [5, 5.41) is 0.777. The number of aryl methyl sites for hydroxylation is 1. The standard InChI is InChI=1S/C19H24BrN3O4/c1-11-8-13(20)9-12-10-21-15(22-14(11)12)23(16(24)26-18(2,3)4)17(25)27-19(5,6)7/h8-10H,1-7H3. The zero-order valence-corrected chi connectivity index (χ0v) is 18.2. The minimum absolute atomic E-state index is 0.101. The molecule has 7 nitrogen and oxygen atoms in total. The van der Waals surface area contributed by atoms with Gasteiger partial charge in [0.1, 0.15) is 11.2 Å². The lowest BCUT2D eigenvalue weighted by molar-refractivity contribution is 0.0427. The van der Waals surface area contributed by atoms with E-state index in [1.807, 2.05) is 19.1 Å². The molecule has 0 bridgehead atoms. The number of nitrogens with zero attached hydrogens (tertiary/aromatic N) is 3. The van der Waals surface area contributed by atoms with Crippen LogP contribution < -0.4 is 4.90 Å². The van der Waals surface area contributed by atoms with Crippen LogP contribution in [0.4, 0.5) is 15.5 Å². The number of halogens is 1. The fourth-order valence-electron chi connectivity index (χ4n) is 2.23. The van der Waals surface area contributed by atoms with E-state index >= 15 is 0 Å². The van der Waals surface area contributed by atoms with Gasteiger partial charge in [0.2, 0.25) is 5.95 Å². The molecule has 2 aromatic rings. The molecule has 0 spiro atoms. The number of hydrogen-bond acceptors (Lipinski definition) is 6. The lowest BCUT2D eigenvalue weighted by atomic mass is 10.1. The van der Waals surface area contributed by atoms with Crippen molar-refractivity contribution in [1.29, 1.82) is 0 Å². The number of fused-ring (bicyclic) bond motifs is 1. The van der Waals surface area contributed by atoms with Gasteiger partial charge >= 0.3 is 12.2 Å². The van der Waals surface area contributed by atoms with Gasteiger partial charge in [-0.25, -0.2) is 19.6 Å². The maximum absolute atomic E-state index is 12.7. The Hall–Kier alpha value is -2.22.